The Hall–Kier alpha value is -2.62. The van der Waals surface area contributed by atoms with Crippen LogP contribution in [-0.2, 0) is 20.5 Å². The normalized spacial score (nSPS) is 19.3. The average molecular weight is 432 g/mol. The summed E-state index contributed by atoms with van der Waals surface area (Å²) < 4.78 is 43.1. The number of carbonyl (C=O) groups is 1. The molecule has 2 aromatic rings. The van der Waals surface area contributed by atoms with Gasteiger partial charge >= 0.3 is 0 Å². The number of carbonyl (C=O) groups excluding carboxylic acids is 1. The molecule has 1 unspecified atom stereocenters. The van der Waals surface area contributed by atoms with Crippen molar-refractivity contribution in [3.63, 3.8) is 0 Å². The van der Waals surface area contributed by atoms with Gasteiger partial charge in [-0.15, -0.1) is 0 Å². The predicted molar refractivity (Wildman–Crippen MR) is 110 cm³/mol. The van der Waals surface area contributed by atoms with E-state index in [2.05, 4.69) is 5.32 Å². The van der Waals surface area contributed by atoms with Crippen molar-refractivity contribution in [2.45, 2.75) is 11.9 Å². The molecule has 0 aromatic heterocycles. The largest absolute Gasteiger partial charge is 0.486 e. The van der Waals surface area contributed by atoms with Gasteiger partial charge in [-0.3, -0.25) is 4.79 Å². The summed E-state index contributed by atoms with van der Waals surface area (Å²) >= 11 is 0. The number of amides is 1. The van der Waals surface area contributed by atoms with E-state index >= 15 is 0 Å². The maximum absolute atomic E-state index is 12.5. The first-order valence-corrected chi connectivity index (χ1v) is 11.4. The fourth-order valence-corrected chi connectivity index (χ4v) is 4.85. The van der Waals surface area contributed by atoms with E-state index in [-0.39, 0.29) is 17.8 Å². The number of nitrogens with one attached hydrogen (secondary N) is 1. The third-order valence-electron chi connectivity index (χ3n) is 4.99. The monoisotopic (exact) mass is 432 g/mol. The van der Waals surface area contributed by atoms with Gasteiger partial charge in [0, 0.05) is 18.7 Å². The molecule has 1 N–H and O–H groups in total. The maximum Gasteiger partial charge on any atom is 0.251 e. The minimum absolute atomic E-state index is 0.0957. The van der Waals surface area contributed by atoms with Crippen LogP contribution in [0.1, 0.15) is 15.9 Å². The Labute approximate surface area is 175 Å². The summed E-state index contributed by atoms with van der Waals surface area (Å²) in [6.07, 6.45) is -0.276. The third kappa shape index (κ3) is 4.92. The van der Waals surface area contributed by atoms with Crippen molar-refractivity contribution in [3.05, 3.63) is 59.7 Å². The van der Waals surface area contributed by atoms with Gasteiger partial charge in [-0.1, -0.05) is 24.3 Å². The lowest BCUT2D eigenvalue weighted by Crippen LogP contribution is -2.41. The molecule has 0 aliphatic carbocycles. The van der Waals surface area contributed by atoms with Gasteiger partial charge in [0.1, 0.15) is 12.7 Å². The Bertz CT molecular complexity index is 987. The van der Waals surface area contributed by atoms with Crippen molar-refractivity contribution in [3.8, 4) is 11.5 Å². The van der Waals surface area contributed by atoms with Crippen LogP contribution in [-0.4, -0.2) is 64.2 Å². The molecular weight excluding hydrogens is 408 g/mol. The molecule has 0 spiro atoms. The van der Waals surface area contributed by atoms with Crippen LogP contribution in [0.5, 0.6) is 11.5 Å². The van der Waals surface area contributed by atoms with Crippen molar-refractivity contribution >= 4 is 15.9 Å². The van der Waals surface area contributed by atoms with Gasteiger partial charge in [-0.05, 0) is 29.8 Å². The zero-order valence-corrected chi connectivity index (χ0v) is 17.3. The van der Waals surface area contributed by atoms with Gasteiger partial charge in [0.25, 0.3) is 5.91 Å². The van der Waals surface area contributed by atoms with Gasteiger partial charge in [-0.2, -0.15) is 4.31 Å². The molecule has 2 aromatic carbocycles. The van der Waals surface area contributed by atoms with Crippen LogP contribution in [0.2, 0.25) is 0 Å². The Balaban J connectivity index is 1.30. The van der Waals surface area contributed by atoms with Crippen LogP contribution in [0.4, 0.5) is 0 Å². The topological polar surface area (TPSA) is 94.2 Å². The van der Waals surface area contributed by atoms with E-state index in [1.54, 1.807) is 24.3 Å². The fraction of sp³-hybridized carbons (Fsp3) is 0.381. The van der Waals surface area contributed by atoms with Crippen molar-refractivity contribution < 1.29 is 27.4 Å². The second kappa shape index (κ2) is 9.03. The van der Waals surface area contributed by atoms with E-state index in [1.165, 1.54) is 4.31 Å². The van der Waals surface area contributed by atoms with E-state index < -0.39 is 10.0 Å². The average Bonchev–Trinajstić information content (AvgIpc) is 2.78. The second-order valence-electron chi connectivity index (χ2n) is 7.17. The quantitative estimate of drug-likeness (QED) is 0.742. The van der Waals surface area contributed by atoms with E-state index in [1.807, 2.05) is 24.3 Å². The van der Waals surface area contributed by atoms with Gasteiger partial charge in [-0.25, -0.2) is 8.42 Å². The smallest absolute Gasteiger partial charge is 0.251 e. The van der Waals surface area contributed by atoms with Crippen LogP contribution in [0.25, 0.3) is 0 Å². The van der Waals surface area contributed by atoms with Gasteiger partial charge in [0.15, 0.2) is 11.5 Å². The summed E-state index contributed by atoms with van der Waals surface area (Å²) in [7, 11) is -3.40. The lowest BCUT2D eigenvalue weighted by molar-refractivity contribution is 0.0729. The molecule has 1 saturated heterocycles. The molecule has 2 aliphatic rings. The highest BCUT2D eigenvalue weighted by molar-refractivity contribution is 7.88. The molecular formula is C21H24N2O6S. The van der Waals surface area contributed by atoms with E-state index in [9.17, 15) is 13.2 Å². The Morgan fingerprint density at radius 2 is 1.73 bits per heavy atom. The number of benzene rings is 2. The van der Waals surface area contributed by atoms with E-state index in [4.69, 9.17) is 14.2 Å². The molecule has 160 valence electrons. The summed E-state index contributed by atoms with van der Waals surface area (Å²) in [5.74, 6) is 1.01. The van der Waals surface area contributed by atoms with Crippen molar-refractivity contribution in [1.29, 1.82) is 0 Å². The highest BCUT2D eigenvalue weighted by Crippen LogP contribution is 2.30. The maximum atomic E-state index is 12.5. The number of fused-ring (bicyclic) bond motifs is 1. The zero-order chi connectivity index (χ0) is 21.0. The molecule has 8 nitrogen and oxygen atoms in total. The molecule has 0 radical (unpaired) electrons. The number of para-hydroxylation sites is 2. The summed E-state index contributed by atoms with van der Waals surface area (Å²) in [6, 6.07) is 14.0. The number of hydrogen-bond donors (Lipinski definition) is 1. The van der Waals surface area contributed by atoms with Crippen molar-refractivity contribution in [1.82, 2.24) is 9.62 Å². The van der Waals surface area contributed by atoms with Gasteiger partial charge in [0.05, 0.1) is 25.5 Å². The molecule has 30 heavy (non-hydrogen) atoms. The molecule has 2 heterocycles. The number of ether oxygens (including phenoxy) is 3. The van der Waals surface area contributed by atoms with Crippen LogP contribution in [0, 0.1) is 0 Å². The molecule has 0 saturated carbocycles. The number of morpholine rings is 1. The lowest BCUT2D eigenvalue weighted by atomic mass is 10.1. The minimum atomic E-state index is -3.40. The van der Waals surface area contributed by atoms with Crippen molar-refractivity contribution in [2.24, 2.45) is 0 Å². The molecule has 0 bridgehead atoms. The van der Waals surface area contributed by atoms with Gasteiger partial charge < -0.3 is 19.5 Å². The molecule has 9 heteroatoms. The molecule has 1 atom stereocenters. The lowest BCUT2D eigenvalue weighted by Gasteiger charge is -2.26. The number of rotatable bonds is 6. The number of sulfonamides is 1. The second-order valence-corrected chi connectivity index (χ2v) is 9.14. The molecule has 4 rings (SSSR count). The fourth-order valence-electron chi connectivity index (χ4n) is 3.35. The first-order chi connectivity index (χ1) is 14.5. The van der Waals surface area contributed by atoms with Gasteiger partial charge in [0.2, 0.25) is 10.0 Å². The summed E-state index contributed by atoms with van der Waals surface area (Å²) in [6.45, 7) is 2.25. The van der Waals surface area contributed by atoms with E-state index in [0.717, 1.165) is 0 Å². The standard InChI is InChI=1S/C21H24N2O6S/c24-21(22-13-18-14-28-19-3-1-2-4-20(19)29-18)17-7-5-16(6-8-17)15-30(25,26)23-9-11-27-12-10-23/h1-8,18H,9-15H2,(H,22,24). The van der Waals surface area contributed by atoms with Crippen LogP contribution in [0.15, 0.2) is 48.5 Å². The predicted octanol–water partition coefficient (Wildman–Crippen LogP) is 1.42. The first-order valence-electron chi connectivity index (χ1n) is 9.82. The summed E-state index contributed by atoms with van der Waals surface area (Å²) in [5, 5.41) is 2.83. The highest BCUT2D eigenvalue weighted by Gasteiger charge is 2.25. The summed E-state index contributed by atoms with van der Waals surface area (Å²) in [4.78, 5) is 12.4. The Morgan fingerprint density at radius 1 is 1.03 bits per heavy atom. The molecule has 1 amide bonds. The number of hydrogen-bond acceptors (Lipinski definition) is 6. The highest BCUT2D eigenvalue weighted by atomic mass is 32.2. The van der Waals surface area contributed by atoms with Crippen molar-refractivity contribution in [2.75, 3.05) is 39.5 Å². The molecule has 2 aliphatic heterocycles. The Kier molecular flexibility index (Phi) is 6.21. The minimum Gasteiger partial charge on any atom is -0.486 e. The SMILES string of the molecule is O=C(NCC1COc2ccccc2O1)c1ccc(CS(=O)(=O)N2CCOCC2)cc1. The van der Waals surface area contributed by atoms with E-state index in [0.29, 0.717) is 62.1 Å². The van der Waals surface area contributed by atoms with Crippen LogP contribution >= 0.6 is 0 Å². The third-order valence-corrected chi connectivity index (χ3v) is 6.84. The summed E-state index contributed by atoms with van der Waals surface area (Å²) in [5.41, 5.74) is 1.10. The van der Waals surface area contributed by atoms with Crippen LogP contribution in [0.3, 0.4) is 0 Å². The zero-order valence-electron chi connectivity index (χ0n) is 16.5. The van der Waals surface area contributed by atoms with Crippen LogP contribution < -0.4 is 14.8 Å². The first kappa shape index (κ1) is 20.6. The number of nitrogens with zero attached hydrogens (tertiary/aromatic N) is 1. The Morgan fingerprint density at radius 3 is 2.47 bits per heavy atom. The molecule has 1 fully saturated rings.